The second-order valence-corrected chi connectivity index (χ2v) is 5.54. The SMILES string of the molecule is CC(C)N1CCC2(CCCCC2=O)CC1. The van der Waals surface area contributed by atoms with E-state index < -0.39 is 0 Å². The van der Waals surface area contributed by atoms with Gasteiger partial charge in [0.15, 0.2) is 0 Å². The van der Waals surface area contributed by atoms with Crippen molar-refractivity contribution in [3.63, 3.8) is 0 Å². The second-order valence-electron chi connectivity index (χ2n) is 5.54. The number of carbonyl (C=O) groups excluding carboxylic acids is 1. The van der Waals surface area contributed by atoms with E-state index in [9.17, 15) is 4.79 Å². The number of Topliss-reactive ketones (excluding diaryl/α,β-unsaturated/α-hetero) is 1. The molecule has 2 fully saturated rings. The van der Waals surface area contributed by atoms with E-state index in [1.807, 2.05) is 0 Å². The summed E-state index contributed by atoms with van der Waals surface area (Å²) in [4.78, 5) is 14.5. The van der Waals surface area contributed by atoms with Crippen molar-refractivity contribution in [1.29, 1.82) is 0 Å². The fourth-order valence-electron chi connectivity index (χ4n) is 3.15. The van der Waals surface area contributed by atoms with Gasteiger partial charge in [0.05, 0.1) is 0 Å². The van der Waals surface area contributed by atoms with Crippen molar-refractivity contribution in [2.45, 2.75) is 58.4 Å². The van der Waals surface area contributed by atoms with E-state index in [0.717, 1.165) is 45.2 Å². The third-order valence-electron chi connectivity index (χ3n) is 4.39. The first-order valence-electron chi connectivity index (χ1n) is 6.41. The summed E-state index contributed by atoms with van der Waals surface area (Å²) < 4.78 is 0. The summed E-state index contributed by atoms with van der Waals surface area (Å²) in [5.74, 6) is 0.567. The molecule has 1 aliphatic carbocycles. The zero-order valence-corrected chi connectivity index (χ0v) is 10.1. The highest BCUT2D eigenvalue weighted by atomic mass is 16.1. The Kier molecular flexibility index (Phi) is 3.15. The molecule has 1 saturated heterocycles. The molecular weight excluding hydrogens is 186 g/mol. The van der Waals surface area contributed by atoms with Gasteiger partial charge in [0.25, 0.3) is 0 Å². The standard InChI is InChI=1S/C13H23NO/c1-11(2)14-9-7-13(8-10-14)6-4-3-5-12(13)15/h11H,3-10H2,1-2H3. The predicted molar refractivity (Wildman–Crippen MR) is 61.9 cm³/mol. The van der Waals surface area contributed by atoms with E-state index in [-0.39, 0.29) is 5.41 Å². The van der Waals surface area contributed by atoms with Crippen molar-refractivity contribution >= 4 is 5.78 Å². The molecule has 1 saturated carbocycles. The Morgan fingerprint density at radius 3 is 2.33 bits per heavy atom. The zero-order chi connectivity index (χ0) is 10.9. The first kappa shape index (κ1) is 11.1. The van der Waals surface area contributed by atoms with Crippen LogP contribution in [0, 0.1) is 5.41 Å². The van der Waals surface area contributed by atoms with Crippen LogP contribution in [-0.2, 0) is 4.79 Å². The van der Waals surface area contributed by atoms with Gasteiger partial charge in [-0.05, 0) is 52.6 Å². The van der Waals surface area contributed by atoms with Gasteiger partial charge in [-0.1, -0.05) is 6.42 Å². The monoisotopic (exact) mass is 209 g/mol. The van der Waals surface area contributed by atoms with Crippen LogP contribution in [0.4, 0.5) is 0 Å². The number of likely N-dealkylation sites (tertiary alicyclic amines) is 1. The highest BCUT2D eigenvalue weighted by Crippen LogP contribution is 2.42. The predicted octanol–water partition coefficient (Wildman–Crippen LogP) is 2.62. The molecule has 86 valence electrons. The largest absolute Gasteiger partial charge is 0.301 e. The van der Waals surface area contributed by atoms with E-state index >= 15 is 0 Å². The highest BCUT2D eigenvalue weighted by molar-refractivity contribution is 5.85. The molecule has 0 bridgehead atoms. The number of ketones is 1. The van der Waals surface area contributed by atoms with Crippen molar-refractivity contribution in [1.82, 2.24) is 4.90 Å². The number of carbonyl (C=O) groups is 1. The molecule has 0 aromatic carbocycles. The minimum atomic E-state index is 0.101. The molecular formula is C13H23NO. The highest BCUT2D eigenvalue weighted by Gasteiger charge is 2.42. The summed E-state index contributed by atoms with van der Waals surface area (Å²) >= 11 is 0. The van der Waals surface area contributed by atoms with E-state index in [1.54, 1.807) is 0 Å². The number of hydrogen-bond acceptors (Lipinski definition) is 2. The molecule has 15 heavy (non-hydrogen) atoms. The Morgan fingerprint density at radius 1 is 1.13 bits per heavy atom. The Balaban J connectivity index is 1.98. The van der Waals surface area contributed by atoms with Crippen LogP contribution in [0.2, 0.25) is 0 Å². The number of hydrogen-bond donors (Lipinski definition) is 0. The first-order valence-corrected chi connectivity index (χ1v) is 6.41. The summed E-state index contributed by atoms with van der Waals surface area (Å²) in [5.41, 5.74) is 0.101. The van der Waals surface area contributed by atoms with Crippen molar-refractivity contribution in [3.05, 3.63) is 0 Å². The van der Waals surface area contributed by atoms with Gasteiger partial charge in [0, 0.05) is 17.9 Å². The summed E-state index contributed by atoms with van der Waals surface area (Å²) in [6.07, 6.45) is 6.65. The van der Waals surface area contributed by atoms with Crippen LogP contribution in [-0.4, -0.2) is 29.8 Å². The molecule has 0 atom stereocenters. The Labute approximate surface area is 93.0 Å². The summed E-state index contributed by atoms with van der Waals surface area (Å²) in [6.45, 7) is 6.76. The van der Waals surface area contributed by atoms with Crippen molar-refractivity contribution < 1.29 is 4.79 Å². The normalized spacial score (nSPS) is 27.5. The topological polar surface area (TPSA) is 20.3 Å². The third-order valence-corrected chi connectivity index (χ3v) is 4.39. The zero-order valence-electron chi connectivity index (χ0n) is 10.1. The summed E-state index contributed by atoms with van der Waals surface area (Å²) in [5, 5.41) is 0. The van der Waals surface area contributed by atoms with Gasteiger partial charge in [-0.3, -0.25) is 4.79 Å². The molecule has 0 aromatic rings. The van der Waals surface area contributed by atoms with Gasteiger partial charge in [-0.15, -0.1) is 0 Å². The molecule has 0 radical (unpaired) electrons. The minimum absolute atomic E-state index is 0.101. The van der Waals surface area contributed by atoms with Crippen LogP contribution < -0.4 is 0 Å². The maximum absolute atomic E-state index is 12.0. The molecule has 1 heterocycles. The fourth-order valence-corrected chi connectivity index (χ4v) is 3.15. The number of rotatable bonds is 1. The second kappa shape index (κ2) is 4.25. The third kappa shape index (κ3) is 2.10. The van der Waals surface area contributed by atoms with Gasteiger partial charge >= 0.3 is 0 Å². The van der Waals surface area contributed by atoms with Crippen LogP contribution in [0.3, 0.4) is 0 Å². The van der Waals surface area contributed by atoms with Gasteiger partial charge in [0.2, 0.25) is 0 Å². The Hall–Kier alpha value is -0.370. The fraction of sp³-hybridized carbons (Fsp3) is 0.923. The molecule has 0 unspecified atom stereocenters. The van der Waals surface area contributed by atoms with Crippen LogP contribution in [0.25, 0.3) is 0 Å². The molecule has 2 nitrogen and oxygen atoms in total. The Morgan fingerprint density at radius 2 is 1.80 bits per heavy atom. The maximum Gasteiger partial charge on any atom is 0.139 e. The molecule has 1 aliphatic heterocycles. The quantitative estimate of drug-likeness (QED) is 0.661. The van der Waals surface area contributed by atoms with Crippen LogP contribution in [0.15, 0.2) is 0 Å². The summed E-state index contributed by atoms with van der Waals surface area (Å²) in [6, 6.07) is 0.640. The average Bonchev–Trinajstić information content (AvgIpc) is 2.23. The van der Waals surface area contributed by atoms with E-state index in [4.69, 9.17) is 0 Å². The van der Waals surface area contributed by atoms with Crippen molar-refractivity contribution in [2.24, 2.45) is 5.41 Å². The molecule has 1 spiro atoms. The first-order chi connectivity index (χ1) is 7.14. The minimum Gasteiger partial charge on any atom is -0.301 e. The van der Waals surface area contributed by atoms with Crippen LogP contribution >= 0.6 is 0 Å². The average molecular weight is 209 g/mol. The maximum atomic E-state index is 12.0. The smallest absolute Gasteiger partial charge is 0.139 e. The van der Waals surface area contributed by atoms with Crippen molar-refractivity contribution in [3.8, 4) is 0 Å². The number of nitrogens with zero attached hydrogens (tertiary/aromatic N) is 1. The lowest BCUT2D eigenvalue weighted by molar-refractivity contribution is -0.134. The van der Waals surface area contributed by atoms with Gasteiger partial charge < -0.3 is 4.90 Å². The van der Waals surface area contributed by atoms with E-state index in [1.165, 1.54) is 6.42 Å². The Bertz CT molecular complexity index is 239. The molecule has 2 aliphatic rings. The molecule has 2 heteroatoms. The van der Waals surface area contributed by atoms with Crippen molar-refractivity contribution in [2.75, 3.05) is 13.1 Å². The number of piperidine rings is 1. The van der Waals surface area contributed by atoms with Gasteiger partial charge in [-0.25, -0.2) is 0 Å². The van der Waals surface area contributed by atoms with Crippen LogP contribution in [0.1, 0.15) is 52.4 Å². The van der Waals surface area contributed by atoms with Gasteiger partial charge in [0.1, 0.15) is 5.78 Å². The summed E-state index contributed by atoms with van der Waals surface area (Å²) in [7, 11) is 0. The van der Waals surface area contributed by atoms with Crippen LogP contribution in [0.5, 0.6) is 0 Å². The molecule has 2 rings (SSSR count). The van der Waals surface area contributed by atoms with E-state index in [2.05, 4.69) is 18.7 Å². The lowest BCUT2D eigenvalue weighted by atomic mass is 9.67. The molecule has 0 amide bonds. The molecule has 0 N–H and O–H groups in total. The van der Waals surface area contributed by atoms with Gasteiger partial charge in [-0.2, -0.15) is 0 Å². The van der Waals surface area contributed by atoms with E-state index in [0.29, 0.717) is 11.8 Å². The lowest BCUT2D eigenvalue weighted by Crippen LogP contribution is -2.47. The lowest BCUT2D eigenvalue weighted by Gasteiger charge is -2.44. The molecule has 0 aromatic heterocycles.